The van der Waals surface area contributed by atoms with E-state index in [4.69, 9.17) is 16.3 Å². The van der Waals surface area contributed by atoms with Gasteiger partial charge in [-0.1, -0.05) is 91.4 Å². The van der Waals surface area contributed by atoms with E-state index in [0.717, 1.165) is 57.9 Å². The molecule has 0 aliphatic rings. The maximum absolute atomic E-state index is 12.7. The molecule has 2 rings (SSSR count). The summed E-state index contributed by atoms with van der Waals surface area (Å²) in [5, 5.41) is 9.71. The minimum atomic E-state index is -1.10. The van der Waals surface area contributed by atoms with Gasteiger partial charge in [0, 0.05) is 42.2 Å². The van der Waals surface area contributed by atoms with Crippen LogP contribution in [0.4, 0.5) is 0 Å². The number of ketones is 1. The zero-order valence-electron chi connectivity index (χ0n) is 31.3. The number of allylic oxidation sites excluding steroid dienone is 12. The molecule has 2 aromatic carbocycles. The van der Waals surface area contributed by atoms with Gasteiger partial charge in [-0.3, -0.25) is 14.4 Å². The van der Waals surface area contributed by atoms with Gasteiger partial charge in [0.25, 0.3) is 5.91 Å². The largest absolute Gasteiger partial charge is 0.478 e. The summed E-state index contributed by atoms with van der Waals surface area (Å²) in [6.45, 7) is 7.92. The van der Waals surface area contributed by atoms with E-state index in [9.17, 15) is 14.4 Å². The van der Waals surface area contributed by atoms with E-state index >= 15 is 0 Å². The third-order valence-corrected chi connectivity index (χ3v) is 7.97. The molecule has 0 bridgehead atoms. The number of hydrogen-bond donors (Lipinski definition) is 3. The van der Waals surface area contributed by atoms with Gasteiger partial charge in [-0.25, -0.2) is 0 Å². The van der Waals surface area contributed by atoms with Crippen LogP contribution in [0.2, 0.25) is 5.02 Å². The Bertz CT molecular complexity index is 1500. The topological polar surface area (TPSA) is 96.5 Å². The zero-order chi connectivity index (χ0) is 37.7. The number of ether oxygens (including phenoxy) is 1. The van der Waals surface area contributed by atoms with Crippen molar-refractivity contribution in [2.24, 2.45) is 0 Å². The SMILES string of the molecule is CC/C=C\C/C=C\C/C=C\C/C=C\C/C=C\C/C=C\CCC(=O)NCCCNCCNC(=O)C(C)(C)Oc1ccc(C(=O)c2ccc(Cl)cc2)cc1. The molecule has 0 saturated carbocycles. The van der Waals surface area contributed by atoms with Crippen LogP contribution >= 0.6 is 11.6 Å². The molecule has 0 aliphatic carbocycles. The van der Waals surface area contributed by atoms with Crippen molar-refractivity contribution in [1.29, 1.82) is 0 Å². The molecule has 8 heteroatoms. The highest BCUT2D eigenvalue weighted by molar-refractivity contribution is 6.30. The van der Waals surface area contributed by atoms with Crippen LogP contribution in [0.1, 0.15) is 94.5 Å². The Labute approximate surface area is 317 Å². The summed E-state index contributed by atoms with van der Waals surface area (Å²) in [7, 11) is 0. The summed E-state index contributed by atoms with van der Waals surface area (Å²) in [6.07, 6.45) is 33.9. The van der Waals surface area contributed by atoms with E-state index in [1.807, 2.05) is 0 Å². The monoisotopic (exact) mass is 727 g/mol. The number of hydrogen-bond acceptors (Lipinski definition) is 5. The molecule has 3 N–H and O–H groups in total. The van der Waals surface area contributed by atoms with Crippen LogP contribution in [0.3, 0.4) is 0 Å². The smallest absolute Gasteiger partial charge is 0.263 e. The molecule has 7 nitrogen and oxygen atoms in total. The highest BCUT2D eigenvalue weighted by Crippen LogP contribution is 2.21. The number of nitrogens with one attached hydrogen (secondary N) is 3. The van der Waals surface area contributed by atoms with Crippen molar-refractivity contribution in [2.45, 2.75) is 84.2 Å². The fraction of sp³-hybridized carbons (Fsp3) is 0.386. The Morgan fingerprint density at radius 3 is 1.67 bits per heavy atom. The van der Waals surface area contributed by atoms with Gasteiger partial charge in [0.1, 0.15) is 5.75 Å². The van der Waals surface area contributed by atoms with Crippen molar-refractivity contribution in [3.63, 3.8) is 0 Å². The summed E-state index contributed by atoms with van der Waals surface area (Å²) in [6, 6.07) is 13.5. The quantitative estimate of drug-likeness (QED) is 0.0510. The lowest BCUT2D eigenvalue weighted by Gasteiger charge is -2.25. The van der Waals surface area contributed by atoms with E-state index in [1.165, 1.54) is 0 Å². The second-order valence-corrected chi connectivity index (χ2v) is 13.1. The molecular weight excluding hydrogens is 670 g/mol. The molecule has 0 aromatic heterocycles. The number of amides is 2. The Morgan fingerprint density at radius 1 is 0.635 bits per heavy atom. The minimum absolute atomic E-state index is 0.0526. The second-order valence-electron chi connectivity index (χ2n) is 12.6. The number of benzene rings is 2. The first kappa shape index (κ1) is 43.7. The van der Waals surface area contributed by atoms with Gasteiger partial charge in [-0.05, 0) is 120 Å². The molecule has 2 aromatic rings. The number of rotatable bonds is 26. The Hall–Kier alpha value is -4.46. The molecule has 0 saturated heterocycles. The van der Waals surface area contributed by atoms with Gasteiger partial charge in [-0.2, -0.15) is 0 Å². The molecule has 0 atom stereocenters. The molecular formula is C44H58ClN3O4. The molecule has 280 valence electrons. The Morgan fingerprint density at radius 2 is 1.13 bits per heavy atom. The molecule has 0 spiro atoms. The Kier molecular flexibility index (Phi) is 22.9. The standard InChI is InChI=1S/C44H58ClN3O4/c1-4-5-6-7-8-9-10-11-12-13-14-15-16-17-18-19-20-21-22-24-41(49)47-34-23-33-46-35-36-48-43(51)44(2,3)52-40-31-27-38(28-32-40)42(50)37-25-29-39(45)30-26-37/h5-6,8-9,11-12,14-15,17-18,20-21,25-32,46H,4,7,10,13,16,19,22-24,33-36H2,1-3H3,(H,47,49)(H,48,51)/b6-5-,9-8-,12-11-,15-14-,18-17-,21-20-. The van der Waals surface area contributed by atoms with Crippen LogP contribution in [0.15, 0.2) is 121 Å². The zero-order valence-corrected chi connectivity index (χ0v) is 32.0. The van der Waals surface area contributed by atoms with Crippen molar-refractivity contribution in [2.75, 3.05) is 26.2 Å². The number of carbonyl (C=O) groups excluding carboxylic acids is 3. The van der Waals surface area contributed by atoms with Gasteiger partial charge in [0.2, 0.25) is 5.91 Å². The molecule has 0 unspecified atom stereocenters. The van der Waals surface area contributed by atoms with E-state index < -0.39 is 5.60 Å². The molecule has 0 radical (unpaired) electrons. The van der Waals surface area contributed by atoms with Crippen LogP contribution in [0.5, 0.6) is 5.75 Å². The van der Waals surface area contributed by atoms with Gasteiger partial charge >= 0.3 is 0 Å². The minimum Gasteiger partial charge on any atom is -0.478 e. The fourth-order valence-corrected chi connectivity index (χ4v) is 4.90. The Balaban J connectivity index is 1.45. The molecule has 0 fully saturated rings. The highest BCUT2D eigenvalue weighted by Gasteiger charge is 2.29. The van der Waals surface area contributed by atoms with E-state index in [2.05, 4.69) is 95.8 Å². The summed E-state index contributed by atoms with van der Waals surface area (Å²) >= 11 is 5.91. The van der Waals surface area contributed by atoms with E-state index in [-0.39, 0.29) is 17.6 Å². The first-order chi connectivity index (χ1) is 25.2. The summed E-state index contributed by atoms with van der Waals surface area (Å²) < 4.78 is 5.93. The van der Waals surface area contributed by atoms with Gasteiger partial charge in [0.15, 0.2) is 11.4 Å². The second kappa shape index (κ2) is 27.2. The third-order valence-electron chi connectivity index (χ3n) is 7.72. The summed E-state index contributed by atoms with van der Waals surface area (Å²) in [4.78, 5) is 37.5. The lowest BCUT2D eigenvalue weighted by Crippen LogP contribution is -2.48. The lowest BCUT2D eigenvalue weighted by atomic mass is 10.0. The fourth-order valence-electron chi connectivity index (χ4n) is 4.77. The predicted molar refractivity (Wildman–Crippen MR) is 217 cm³/mol. The van der Waals surface area contributed by atoms with Crippen LogP contribution < -0.4 is 20.7 Å². The maximum atomic E-state index is 12.7. The normalized spacial score (nSPS) is 12.3. The third kappa shape index (κ3) is 20.4. The number of carbonyl (C=O) groups is 3. The van der Waals surface area contributed by atoms with Crippen LogP contribution in [-0.2, 0) is 9.59 Å². The first-order valence-corrected chi connectivity index (χ1v) is 18.9. The van der Waals surface area contributed by atoms with Crippen molar-refractivity contribution in [1.82, 2.24) is 16.0 Å². The van der Waals surface area contributed by atoms with Crippen LogP contribution in [-0.4, -0.2) is 49.4 Å². The van der Waals surface area contributed by atoms with Crippen LogP contribution in [0.25, 0.3) is 0 Å². The average molecular weight is 728 g/mol. The van der Waals surface area contributed by atoms with Crippen molar-refractivity contribution >= 4 is 29.2 Å². The number of halogens is 1. The first-order valence-electron chi connectivity index (χ1n) is 18.5. The molecule has 52 heavy (non-hydrogen) atoms. The van der Waals surface area contributed by atoms with Gasteiger partial charge in [0.05, 0.1) is 0 Å². The van der Waals surface area contributed by atoms with Crippen molar-refractivity contribution in [3.8, 4) is 5.75 Å². The summed E-state index contributed by atoms with van der Waals surface area (Å²) in [5.41, 5.74) is -0.0381. The van der Waals surface area contributed by atoms with Crippen molar-refractivity contribution < 1.29 is 19.1 Å². The highest BCUT2D eigenvalue weighted by atomic mass is 35.5. The van der Waals surface area contributed by atoms with Crippen LogP contribution in [0, 0.1) is 0 Å². The van der Waals surface area contributed by atoms with E-state index in [1.54, 1.807) is 62.4 Å². The molecule has 2 amide bonds. The van der Waals surface area contributed by atoms with Gasteiger partial charge in [-0.15, -0.1) is 0 Å². The summed E-state index contributed by atoms with van der Waals surface area (Å²) in [5.74, 6) is 0.184. The van der Waals surface area contributed by atoms with E-state index in [0.29, 0.717) is 48.0 Å². The predicted octanol–water partition coefficient (Wildman–Crippen LogP) is 9.42. The maximum Gasteiger partial charge on any atom is 0.263 e. The van der Waals surface area contributed by atoms with Gasteiger partial charge < -0.3 is 20.7 Å². The van der Waals surface area contributed by atoms with Crippen molar-refractivity contribution in [3.05, 3.63) is 138 Å². The molecule has 0 aliphatic heterocycles. The average Bonchev–Trinajstić information content (AvgIpc) is 3.13. The molecule has 0 heterocycles. The lowest BCUT2D eigenvalue weighted by molar-refractivity contribution is -0.134.